The maximum atomic E-state index is 12.4. The van der Waals surface area contributed by atoms with E-state index in [-0.39, 0.29) is 5.78 Å². The Kier molecular flexibility index (Phi) is 3.28. The summed E-state index contributed by atoms with van der Waals surface area (Å²) < 4.78 is 4.69. The van der Waals surface area contributed by atoms with Crippen LogP contribution in [0.1, 0.15) is 26.4 Å². The molecule has 0 unspecified atom stereocenters. The van der Waals surface area contributed by atoms with Crippen LogP contribution < -0.4 is 0 Å². The second-order valence-corrected chi connectivity index (χ2v) is 4.67. The number of rotatable bonds is 3. The minimum Gasteiger partial charge on any atom is -0.465 e. The number of carbonyl (C=O) groups is 2. The van der Waals surface area contributed by atoms with Crippen LogP contribution in [0.4, 0.5) is 0 Å². The van der Waals surface area contributed by atoms with Crippen molar-refractivity contribution in [3.63, 3.8) is 0 Å². The molecule has 0 radical (unpaired) electrons. The van der Waals surface area contributed by atoms with Crippen LogP contribution >= 0.6 is 0 Å². The van der Waals surface area contributed by atoms with E-state index in [2.05, 4.69) is 9.72 Å². The first-order chi connectivity index (χ1) is 10.2. The van der Waals surface area contributed by atoms with Crippen molar-refractivity contribution >= 4 is 22.7 Å². The number of fused-ring (bicyclic) bond motifs is 1. The summed E-state index contributed by atoms with van der Waals surface area (Å²) in [6.45, 7) is 0. The highest BCUT2D eigenvalue weighted by atomic mass is 16.5. The fourth-order valence-electron chi connectivity index (χ4n) is 2.24. The number of carbonyl (C=O) groups excluding carboxylic acids is 2. The Labute approximate surface area is 121 Å². The van der Waals surface area contributed by atoms with Crippen LogP contribution in [0.3, 0.4) is 0 Å². The summed E-state index contributed by atoms with van der Waals surface area (Å²) in [4.78, 5) is 26.9. The summed E-state index contributed by atoms with van der Waals surface area (Å²) in [5.74, 6) is -0.478. The molecule has 1 heterocycles. The first-order valence-corrected chi connectivity index (χ1v) is 6.50. The van der Waals surface area contributed by atoms with Gasteiger partial charge in [0.25, 0.3) is 0 Å². The van der Waals surface area contributed by atoms with Crippen LogP contribution in [0.25, 0.3) is 10.9 Å². The van der Waals surface area contributed by atoms with Gasteiger partial charge in [0.1, 0.15) is 0 Å². The van der Waals surface area contributed by atoms with Crippen molar-refractivity contribution < 1.29 is 14.3 Å². The smallest absolute Gasteiger partial charge is 0.337 e. The summed E-state index contributed by atoms with van der Waals surface area (Å²) in [6, 6.07) is 16.0. The average molecular weight is 279 g/mol. The van der Waals surface area contributed by atoms with Crippen molar-refractivity contribution in [1.29, 1.82) is 0 Å². The van der Waals surface area contributed by atoms with Gasteiger partial charge in [-0.05, 0) is 18.2 Å². The van der Waals surface area contributed by atoms with Crippen molar-refractivity contribution in [2.45, 2.75) is 0 Å². The Hall–Kier alpha value is -2.88. The Bertz CT molecular complexity index is 818. The topological polar surface area (TPSA) is 59.2 Å². The van der Waals surface area contributed by atoms with E-state index in [1.54, 1.807) is 36.4 Å². The lowest BCUT2D eigenvalue weighted by atomic mass is 10.1. The van der Waals surface area contributed by atoms with Crippen molar-refractivity contribution in [3.05, 3.63) is 71.4 Å². The molecule has 0 fully saturated rings. The molecular weight excluding hydrogens is 266 g/mol. The van der Waals surface area contributed by atoms with Gasteiger partial charge in [-0.3, -0.25) is 4.79 Å². The molecule has 21 heavy (non-hydrogen) atoms. The zero-order chi connectivity index (χ0) is 14.8. The van der Waals surface area contributed by atoms with Gasteiger partial charge in [-0.25, -0.2) is 4.79 Å². The van der Waals surface area contributed by atoms with Gasteiger partial charge in [0, 0.05) is 16.5 Å². The van der Waals surface area contributed by atoms with E-state index in [1.807, 2.05) is 18.2 Å². The molecule has 0 aliphatic rings. The molecule has 3 aromatic rings. The minimum absolute atomic E-state index is 0.0774. The fraction of sp³-hybridized carbons (Fsp3) is 0.0588. The number of ketones is 1. The van der Waals surface area contributed by atoms with Gasteiger partial charge in [0.15, 0.2) is 0 Å². The minimum atomic E-state index is -0.401. The van der Waals surface area contributed by atoms with Gasteiger partial charge >= 0.3 is 5.97 Å². The van der Waals surface area contributed by atoms with Crippen LogP contribution in [0.15, 0.2) is 54.6 Å². The molecule has 4 nitrogen and oxygen atoms in total. The molecule has 1 N–H and O–H groups in total. The summed E-state index contributed by atoms with van der Waals surface area (Å²) in [7, 11) is 1.34. The van der Waals surface area contributed by atoms with Crippen molar-refractivity contribution in [1.82, 2.24) is 4.98 Å². The second-order valence-electron chi connectivity index (χ2n) is 4.67. The molecule has 0 amide bonds. The monoisotopic (exact) mass is 279 g/mol. The lowest BCUT2D eigenvalue weighted by Gasteiger charge is -1.98. The summed E-state index contributed by atoms with van der Waals surface area (Å²) in [5.41, 5.74) is 2.30. The number of aromatic nitrogens is 1. The highest BCUT2D eigenvalue weighted by molar-refractivity contribution is 6.10. The zero-order valence-corrected chi connectivity index (χ0v) is 11.4. The predicted molar refractivity (Wildman–Crippen MR) is 79.5 cm³/mol. The highest BCUT2D eigenvalue weighted by Crippen LogP contribution is 2.19. The van der Waals surface area contributed by atoms with Gasteiger partial charge in [0.2, 0.25) is 5.78 Å². The third-order valence-corrected chi connectivity index (χ3v) is 3.32. The van der Waals surface area contributed by atoms with Gasteiger partial charge in [-0.2, -0.15) is 0 Å². The molecule has 3 rings (SSSR count). The van der Waals surface area contributed by atoms with Crippen LogP contribution in [0, 0.1) is 0 Å². The SMILES string of the molecule is COC(=O)c1ccc2cc(C(=O)c3ccccc3)[nH]c2c1. The lowest BCUT2D eigenvalue weighted by Crippen LogP contribution is -2.01. The largest absolute Gasteiger partial charge is 0.465 e. The second kappa shape index (κ2) is 5.25. The maximum absolute atomic E-state index is 12.4. The lowest BCUT2D eigenvalue weighted by molar-refractivity contribution is 0.0601. The molecule has 0 saturated heterocycles. The van der Waals surface area contributed by atoms with E-state index in [0.717, 1.165) is 10.9 Å². The molecular formula is C17H13NO3. The van der Waals surface area contributed by atoms with E-state index in [9.17, 15) is 9.59 Å². The third kappa shape index (κ3) is 2.43. The maximum Gasteiger partial charge on any atom is 0.337 e. The van der Waals surface area contributed by atoms with Crippen molar-refractivity contribution in [3.8, 4) is 0 Å². The molecule has 104 valence electrons. The van der Waals surface area contributed by atoms with Crippen LogP contribution in [0.2, 0.25) is 0 Å². The molecule has 0 aliphatic carbocycles. The Morgan fingerprint density at radius 2 is 1.71 bits per heavy atom. The van der Waals surface area contributed by atoms with Crippen LogP contribution in [-0.4, -0.2) is 23.8 Å². The molecule has 4 heteroatoms. The van der Waals surface area contributed by atoms with Crippen molar-refractivity contribution in [2.75, 3.05) is 7.11 Å². The number of hydrogen-bond donors (Lipinski definition) is 1. The number of benzene rings is 2. The summed E-state index contributed by atoms with van der Waals surface area (Å²) >= 11 is 0. The Morgan fingerprint density at radius 1 is 0.952 bits per heavy atom. The van der Waals surface area contributed by atoms with E-state index >= 15 is 0 Å². The average Bonchev–Trinajstić information content (AvgIpc) is 2.97. The van der Waals surface area contributed by atoms with Crippen LogP contribution in [0.5, 0.6) is 0 Å². The van der Waals surface area contributed by atoms with Gasteiger partial charge < -0.3 is 9.72 Å². The van der Waals surface area contributed by atoms with Gasteiger partial charge in [-0.15, -0.1) is 0 Å². The number of aromatic amines is 1. The van der Waals surface area contributed by atoms with Crippen LogP contribution in [-0.2, 0) is 4.74 Å². The first kappa shape index (κ1) is 13.1. The molecule has 0 aliphatic heterocycles. The number of nitrogens with one attached hydrogen (secondary N) is 1. The molecule has 0 bridgehead atoms. The van der Waals surface area contributed by atoms with Gasteiger partial charge in [0.05, 0.1) is 18.4 Å². The predicted octanol–water partition coefficient (Wildman–Crippen LogP) is 3.19. The van der Waals surface area contributed by atoms with E-state index < -0.39 is 5.97 Å². The van der Waals surface area contributed by atoms with E-state index in [0.29, 0.717) is 16.8 Å². The molecule has 0 atom stereocenters. The molecule has 2 aromatic carbocycles. The number of esters is 1. The van der Waals surface area contributed by atoms with Crippen molar-refractivity contribution in [2.24, 2.45) is 0 Å². The molecule has 0 saturated carbocycles. The summed E-state index contributed by atoms with van der Waals surface area (Å²) in [5, 5.41) is 0.877. The summed E-state index contributed by atoms with van der Waals surface area (Å²) in [6.07, 6.45) is 0. The quantitative estimate of drug-likeness (QED) is 0.591. The number of hydrogen-bond acceptors (Lipinski definition) is 3. The standard InChI is InChI=1S/C17H13NO3/c1-21-17(20)13-8-7-12-9-15(18-14(12)10-13)16(19)11-5-3-2-4-6-11/h2-10,18H,1H3. The third-order valence-electron chi connectivity index (χ3n) is 3.32. The van der Waals surface area contributed by atoms with E-state index in [4.69, 9.17) is 0 Å². The molecule has 0 spiro atoms. The fourth-order valence-corrected chi connectivity index (χ4v) is 2.24. The highest BCUT2D eigenvalue weighted by Gasteiger charge is 2.13. The molecule has 1 aromatic heterocycles. The number of methoxy groups -OCH3 is 1. The number of ether oxygens (including phenoxy) is 1. The normalized spacial score (nSPS) is 10.5. The number of H-pyrrole nitrogens is 1. The Balaban J connectivity index is 2.01. The first-order valence-electron chi connectivity index (χ1n) is 6.50. The van der Waals surface area contributed by atoms with E-state index in [1.165, 1.54) is 7.11 Å². The zero-order valence-electron chi connectivity index (χ0n) is 11.4. The van der Waals surface area contributed by atoms with Gasteiger partial charge in [-0.1, -0.05) is 36.4 Å². The Morgan fingerprint density at radius 3 is 2.43 bits per heavy atom.